The Balaban J connectivity index is 1.26. The monoisotopic (exact) mass is 622 g/mol. The number of fused-ring (bicyclic) bond motifs is 10. The third-order valence-electron chi connectivity index (χ3n) is 11.4. The van der Waals surface area contributed by atoms with Crippen molar-refractivity contribution in [2.24, 2.45) is 0 Å². The summed E-state index contributed by atoms with van der Waals surface area (Å²) in [6, 6.07) is 57.2. The molecule has 4 heteroatoms. The van der Waals surface area contributed by atoms with Crippen molar-refractivity contribution < 1.29 is 0 Å². The van der Waals surface area contributed by atoms with Crippen LogP contribution in [0.1, 0.15) is 25.3 Å². The number of anilines is 6. The van der Waals surface area contributed by atoms with E-state index >= 15 is 0 Å². The van der Waals surface area contributed by atoms with Crippen molar-refractivity contribution in [2.45, 2.75) is 19.8 Å². The average molecular weight is 622 g/mol. The zero-order valence-corrected chi connectivity index (χ0v) is 27.6. The molecule has 0 atom stereocenters. The minimum absolute atomic E-state index is 0.156. The number of hydrogen-bond acceptors (Lipinski definition) is 2. The van der Waals surface area contributed by atoms with Crippen LogP contribution in [-0.2, 0) is 0 Å². The first-order chi connectivity index (χ1) is 24.2. The van der Waals surface area contributed by atoms with Gasteiger partial charge in [-0.2, -0.15) is 0 Å². The van der Waals surface area contributed by atoms with Crippen molar-refractivity contribution in [3.8, 4) is 22.3 Å². The van der Waals surface area contributed by atoms with Crippen LogP contribution >= 0.6 is 0 Å². The van der Waals surface area contributed by atoms with Gasteiger partial charge in [-0.05, 0) is 104 Å². The van der Waals surface area contributed by atoms with Gasteiger partial charge in [0.25, 0.3) is 0 Å². The van der Waals surface area contributed by atoms with E-state index in [1.54, 1.807) is 0 Å². The molecule has 2 nitrogen and oxygen atoms in total. The van der Waals surface area contributed by atoms with Crippen LogP contribution in [0.3, 0.4) is 0 Å². The van der Waals surface area contributed by atoms with Crippen LogP contribution in [0.15, 0.2) is 152 Å². The largest absolute Gasteiger partial charge is 0.312 e. The normalized spacial score (nSPS) is 13.9. The predicted molar refractivity (Wildman–Crippen MR) is 210 cm³/mol. The van der Waals surface area contributed by atoms with Gasteiger partial charge >= 0.3 is 0 Å². The summed E-state index contributed by atoms with van der Waals surface area (Å²) in [6.45, 7) is 4.91. The third kappa shape index (κ3) is 3.59. The van der Waals surface area contributed by atoms with E-state index in [0.717, 1.165) is 0 Å². The molecular weight excluding hydrogens is 590 g/mol. The van der Waals surface area contributed by atoms with Gasteiger partial charge in [0.05, 0.1) is 0 Å². The lowest BCUT2D eigenvalue weighted by molar-refractivity contribution is 0.868. The average Bonchev–Trinajstić information content (AvgIpc) is 3.67. The van der Waals surface area contributed by atoms with Crippen LogP contribution < -0.4 is 42.6 Å². The summed E-state index contributed by atoms with van der Waals surface area (Å²) in [4.78, 5) is 5.07. The van der Waals surface area contributed by atoms with E-state index in [2.05, 4.69) is 175 Å². The number of benzene rings is 7. The van der Waals surface area contributed by atoms with Gasteiger partial charge in [0.15, 0.2) is 0 Å². The van der Waals surface area contributed by atoms with Crippen molar-refractivity contribution >= 4 is 80.3 Å². The molecule has 0 unspecified atom stereocenters. The van der Waals surface area contributed by atoms with Gasteiger partial charge in [-0.3, -0.25) is 0 Å². The molecule has 49 heavy (non-hydrogen) atoms. The summed E-state index contributed by atoms with van der Waals surface area (Å²) in [5.41, 5.74) is 22.7. The molecule has 11 rings (SSSR count). The Kier molecular flexibility index (Phi) is 5.51. The summed E-state index contributed by atoms with van der Waals surface area (Å²) in [5.74, 6) is 0.472. The molecule has 0 fully saturated rings. The molecule has 0 spiro atoms. The molecule has 0 aliphatic carbocycles. The van der Waals surface area contributed by atoms with E-state index < -0.39 is 0 Å². The highest BCUT2D eigenvalue weighted by atomic mass is 15.2. The van der Waals surface area contributed by atoms with Crippen molar-refractivity contribution in [1.29, 1.82) is 0 Å². The Hall–Kier alpha value is -5.73. The van der Waals surface area contributed by atoms with E-state index in [0.29, 0.717) is 5.92 Å². The Morgan fingerprint density at radius 1 is 0.388 bits per heavy atom. The number of hydrogen-bond donors (Lipinski definition) is 0. The molecule has 0 radical (unpaired) electrons. The maximum Gasteiger partial charge on any atom is 0.248 e. The van der Waals surface area contributed by atoms with Crippen molar-refractivity contribution in [1.82, 2.24) is 0 Å². The molecule has 0 amide bonds. The summed E-state index contributed by atoms with van der Waals surface area (Å²) >= 11 is 0. The smallest absolute Gasteiger partial charge is 0.248 e. The summed E-state index contributed by atoms with van der Waals surface area (Å²) in [7, 11) is 0. The minimum atomic E-state index is 0.156. The van der Waals surface area contributed by atoms with Crippen LogP contribution in [0.25, 0.3) is 22.3 Å². The second kappa shape index (κ2) is 9.90. The van der Waals surface area contributed by atoms with Crippen LogP contribution in [0, 0.1) is 0 Å². The molecule has 0 aromatic heterocycles. The minimum Gasteiger partial charge on any atom is -0.312 e. The predicted octanol–water partition coefficient (Wildman–Crippen LogP) is 7.37. The molecule has 0 bridgehead atoms. The first-order valence-electron chi connectivity index (χ1n) is 17.5. The maximum absolute atomic E-state index is 2.56. The Bertz CT molecular complexity index is 2510. The van der Waals surface area contributed by atoms with E-state index in [1.165, 1.54) is 94.7 Å². The number of para-hydroxylation sites is 2. The fraction of sp³-hybridized carbons (Fsp3) is 0.0667. The van der Waals surface area contributed by atoms with E-state index in [-0.39, 0.29) is 13.4 Å². The van der Waals surface area contributed by atoms with Crippen LogP contribution in [0.2, 0.25) is 0 Å². The molecule has 7 aromatic carbocycles. The Morgan fingerprint density at radius 2 is 0.878 bits per heavy atom. The number of nitrogens with zero attached hydrogens (tertiary/aromatic N) is 2. The van der Waals surface area contributed by atoms with E-state index in [4.69, 9.17) is 0 Å². The van der Waals surface area contributed by atoms with E-state index in [9.17, 15) is 0 Å². The second-order valence-corrected chi connectivity index (χ2v) is 14.2. The third-order valence-corrected chi connectivity index (χ3v) is 11.4. The van der Waals surface area contributed by atoms with Gasteiger partial charge in [-0.1, -0.05) is 128 Å². The van der Waals surface area contributed by atoms with Gasteiger partial charge in [0, 0.05) is 34.1 Å². The second-order valence-electron chi connectivity index (χ2n) is 14.2. The maximum atomic E-state index is 2.56. The van der Waals surface area contributed by atoms with Crippen LogP contribution in [0.5, 0.6) is 0 Å². The topological polar surface area (TPSA) is 6.48 Å². The highest BCUT2D eigenvalue weighted by molar-refractivity contribution is 7.03. The molecule has 0 saturated carbocycles. The molecule has 228 valence electrons. The summed E-state index contributed by atoms with van der Waals surface area (Å²) in [6.07, 6.45) is 0. The molecule has 4 aliphatic heterocycles. The molecular formula is C45H32B2N2. The van der Waals surface area contributed by atoms with Crippen LogP contribution in [0.4, 0.5) is 34.1 Å². The highest BCUT2D eigenvalue weighted by Crippen LogP contribution is 2.45. The molecule has 4 heterocycles. The SMILES string of the molecule is CC(C)c1ccc2c(c1)-c1cccc3c1B2c1cc2c(cc1N3c1ccccc1)B1c3ccccc3-c3cccc(c31)N2c1ccccc1. The van der Waals surface area contributed by atoms with Gasteiger partial charge < -0.3 is 9.80 Å². The standard InChI is InChI=1S/C45H32B2N2/c1-28(2)29-23-24-37-35(25-29)34-19-12-22-41-45(34)47(37)39-27-42-38(26-43(39)49(41)31-15-7-4-8-16-31)46-36-20-10-9-17-32(36)33-18-11-21-40(44(33)46)48(42)30-13-5-3-6-14-30/h3-28H,1-2H3. The first kappa shape index (κ1) is 27.2. The molecule has 0 saturated heterocycles. The first-order valence-corrected chi connectivity index (χ1v) is 17.5. The fourth-order valence-corrected chi connectivity index (χ4v) is 9.37. The van der Waals surface area contributed by atoms with Crippen molar-refractivity contribution in [3.63, 3.8) is 0 Å². The Morgan fingerprint density at radius 3 is 1.45 bits per heavy atom. The van der Waals surface area contributed by atoms with Crippen molar-refractivity contribution in [3.05, 3.63) is 157 Å². The summed E-state index contributed by atoms with van der Waals surface area (Å²) < 4.78 is 0. The lowest BCUT2D eigenvalue weighted by Gasteiger charge is -2.41. The lowest BCUT2D eigenvalue weighted by Crippen LogP contribution is -2.58. The van der Waals surface area contributed by atoms with Gasteiger partial charge in [-0.25, -0.2) is 0 Å². The summed E-state index contributed by atoms with van der Waals surface area (Å²) in [5, 5.41) is 0. The molecule has 7 aromatic rings. The zero-order valence-electron chi connectivity index (χ0n) is 27.6. The fourth-order valence-electron chi connectivity index (χ4n) is 9.37. The molecule has 0 N–H and O–H groups in total. The number of rotatable bonds is 3. The zero-order chi connectivity index (χ0) is 32.4. The Labute approximate surface area is 288 Å². The molecule has 4 aliphatic rings. The van der Waals surface area contributed by atoms with Gasteiger partial charge in [0.2, 0.25) is 13.4 Å². The van der Waals surface area contributed by atoms with Gasteiger partial charge in [-0.15, -0.1) is 0 Å². The van der Waals surface area contributed by atoms with E-state index in [1.807, 2.05) is 0 Å². The van der Waals surface area contributed by atoms with Gasteiger partial charge in [0.1, 0.15) is 0 Å². The highest BCUT2D eigenvalue weighted by Gasteiger charge is 2.47. The quantitative estimate of drug-likeness (QED) is 0.190. The van der Waals surface area contributed by atoms with Crippen LogP contribution in [-0.4, -0.2) is 13.4 Å². The lowest BCUT2D eigenvalue weighted by atomic mass is 9.34. The van der Waals surface area contributed by atoms with Crippen molar-refractivity contribution in [2.75, 3.05) is 9.80 Å².